The minimum atomic E-state index is -4.64. The van der Waals surface area contributed by atoms with Crippen LogP contribution in [-0.4, -0.2) is 71.5 Å². The zero-order valence-corrected chi connectivity index (χ0v) is 27.1. The lowest BCUT2D eigenvalue weighted by Crippen LogP contribution is -2.26. The maximum Gasteiger partial charge on any atom is 0.303 e. The van der Waals surface area contributed by atoms with Gasteiger partial charge in [0.05, 0.1) is 32.6 Å². The first kappa shape index (κ1) is 36.3. The van der Waals surface area contributed by atoms with E-state index in [0.29, 0.717) is 18.7 Å². The number of aromatic nitrogens is 2. The van der Waals surface area contributed by atoms with E-state index in [2.05, 4.69) is 20.6 Å². The zero-order valence-electron chi connectivity index (χ0n) is 24.0. The number of benzene rings is 2. The van der Waals surface area contributed by atoms with Crippen molar-refractivity contribution in [2.45, 2.75) is 37.5 Å². The zero-order chi connectivity index (χ0) is 34.2. The molecule has 1 aromatic heterocycles. The lowest BCUT2D eigenvalue weighted by atomic mass is 10.2. The summed E-state index contributed by atoms with van der Waals surface area (Å²) in [6.07, 6.45) is 1.80. The largest absolute Gasteiger partial charge is 0.481 e. The van der Waals surface area contributed by atoms with Crippen LogP contribution in [0.1, 0.15) is 38.2 Å². The number of carboxylic acids is 1. The van der Waals surface area contributed by atoms with Gasteiger partial charge in [-0.1, -0.05) is 23.2 Å². The second-order valence-electron chi connectivity index (χ2n) is 9.68. The van der Waals surface area contributed by atoms with Crippen LogP contribution in [0.2, 0.25) is 10.0 Å². The standard InChI is InChI=1S/C26H27Cl2N7O9S2/c1-16(36)31-23-11-18(34(9-4-5-24(37)38)8-2-3-10-45(39,40)41)6-7-22(23)32-33-26-17(14-29)15-30-35(26)25-20(27)12-19(13-21(25)28)46(42,43)44/h6-7,11-13,15H,2-5,8-10H2,1H3,(H,31,36)(H,37,38)(H,39,40,41)(H,42,43,44). The van der Waals surface area contributed by atoms with Crippen molar-refractivity contribution in [3.63, 3.8) is 0 Å². The number of halogens is 2. The third-order valence-corrected chi connectivity index (χ3v) is 8.38. The number of nitrogens with zero attached hydrogens (tertiary/aromatic N) is 6. The second-order valence-corrected chi connectivity index (χ2v) is 13.5. The van der Waals surface area contributed by atoms with Gasteiger partial charge < -0.3 is 15.3 Å². The summed E-state index contributed by atoms with van der Waals surface area (Å²) in [5.41, 5.74) is 0.733. The average molecular weight is 717 g/mol. The Bertz CT molecular complexity index is 1900. The number of carbonyl (C=O) groups excluding carboxylic acids is 1. The molecule has 0 spiro atoms. The molecule has 2 aromatic carbocycles. The number of anilines is 2. The second kappa shape index (κ2) is 15.4. The number of hydrogen-bond acceptors (Lipinski definition) is 11. The molecule has 0 saturated carbocycles. The number of hydrogen-bond donors (Lipinski definition) is 4. The van der Waals surface area contributed by atoms with Crippen LogP contribution < -0.4 is 10.2 Å². The van der Waals surface area contributed by atoms with Gasteiger partial charge in [0.15, 0.2) is 5.82 Å². The molecular weight excluding hydrogens is 689 g/mol. The summed E-state index contributed by atoms with van der Waals surface area (Å²) in [5.74, 6) is -2.04. The Morgan fingerprint density at radius 1 is 1.04 bits per heavy atom. The molecule has 3 rings (SSSR count). The van der Waals surface area contributed by atoms with E-state index in [1.54, 1.807) is 17.0 Å². The fourth-order valence-electron chi connectivity index (χ4n) is 4.15. The highest BCUT2D eigenvalue weighted by molar-refractivity contribution is 7.86. The lowest BCUT2D eigenvalue weighted by Gasteiger charge is -2.25. The Balaban J connectivity index is 2.02. The van der Waals surface area contributed by atoms with Gasteiger partial charge in [-0.2, -0.15) is 27.2 Å². The van der Waals surface area contributed by atoms with Crippen molar-refractivity contribution in [1.29, 1.82) is 5.26 Å². The molecule has 3 aromatic rings. The van der Waals surface area contributed by atoms with E-state index in [9.17, 15) is 36.2 Å². The maximum atomic E-state index is 12.1. The molecule has 246 valence electrons. The number of nitriles is 1. The van der Waals surface area contributed by atoms with Crippen molar-refractivity contribution in [2.24, 2.45) is 10.2 Å². The third kappa shape index (κ3) is 10.2. The van der Waals surface area contributed by atoms with Crippen LogP contribution in [0.5, 0.6) is 0 Å². The van der Waals surface area contributed by atoms with E-state index >= 15 is 0 Å². The average Bonchev–Trinajstić information content (AvgIpc) is 3.34. The minimum absolute atomic E-state index is 0.0605. The fourth-order valence-corrected chi connectivity index (χ4v) is 6.03. The molecule has 0 atom stereocenters. The number of unbranched alkanes of at least 4 members (excludes halogenated alkanes) is 1. The van der Waals surface area contributed by atoms with Crippen molar-refractivity contribution in [2.75, 3.05) is 29.1 Å². The molecule has 0 radical (unpaired) electrons. The summed E-state index contributed by atoms with van der Waals surface area (Å²) in [6, 6.07) is 8.45. The van der Waals surface area contributed by atoms with E-state index in [-0.39, 0.29) is 64.3 Å². The molecule has 0 fully saturated rings. The Hall–Kier alpha value is -4.12. The molecule has 1 amide bonds. The van der Waals surface area contributed by atoms with Crippen molar-refractivity contribution >= 4 is 78.2 Å². The number of rotatable bonds is 15. The van der Waals surface area contributed by atoms with Crippen molar-refractivity contribution in [1.82, 2.24) is 9.78 Å². The number of carbonyl (C=O) groups is 2. The highest BCUT2D eigenvalue weighted by atomic mass is 35.5. The highest BCUT2D eigenvalue weighted by Crippen LogP contribution is 2.37. The van der Waals surface area contributed by atoms with Crippen LogP contribution in [0, 0.1) is 11.3 Å². The third-order valence-electron chi connectivity index (χ3n) is 6.17. The Labute approximate surface area is 273 Å². The Morgan fingerprint density at radius 3 is 2.26 bits per heavy atom. The normalized spacial score (nSPS) is 11.8. The van der Waals surface area contributed by atoms with E-state index in [4.69, 9.17) is 32.9 Å². The number of amides is 1. The van der Waals surface area contributed by atoms with Crippen LogP contribution in [0.15, 0.2) is 51.7 Å². The molecule has 4 N–H and O–H groups in total. The quantitative estimate of drug-likeness (QED) is 0.0921. The number of nitrogens with one attached hydrogen (secondary N) is 1. The molecule has 1 heterocycles. The Kier molecular flexibility index (Phi) is 12.2. The van der Waals surface area contributed by atoms with Crippen LogP contribution in [0.3, 0.4) is 0 Å². The van der Waals surface area contributed by atoms with Gasteiger partial charge in [0, 0.05) is 32.1 Å². The van der Waals surface area contributed by atoms with Gasteiger partial charge in [-0.3, -0.25) is 18.7 Å². The number of aliphatic carboxylic acids is 1. The van der Waals surface area contributed by atoms with Gasteiger partial charge in [0.25, 0.3) is 20.2 Å². The lowest BCUT2D eigenvalue weighted by molar-refractivity contribution is -0.137. The van der Waals surface area contributed by atoms with Gasteiger partial charge in [0.2, 0.25) is 5.91 Å². The van der Waals surface area contributed by atoms with Crippen molar-refractivity contribution < 1.29 is 40.6 Å². The number of azo groups is 1. The fraction of sp³-hybridized carbons (Fsp3) is 0.308. The number of carboxylic acid groups (broad SMARTS) is 1. The molecule has 20 heteroatoms. The molecule has 0 aliphatic carbocycles. The highest BCUT2D eigenvalue weighted by Gasteiger charge is 2.22. The predicted octanol–water partition coefficient (Wildman–Crippen LogP) is 5.01. The van der Waals surface area contributed by atoms with Crippen LogP contribution >= 0.6 is 23.2 Å². The summed E-state index contributed by atoms with van der Waals surface area (Å²) in [4.78, 5) is 24.3. The monoisotopic (exact) mass is 715 g/mol. The van der Waals surface area contributed by atoms with Gasteiger partial charge in [-0.25, -0.2) is 4.68 Å². The molecule has 16 nitrogen and oxygen atoms in total. The Morgan fingerprint density at radius 2 is 1.70 bits per heavy atom. The van der Waals surface area contributed by atoms with Crippen LogP contribution in [-0.2, 0) is 29.8 Å². The van der Waals surface area contributed by atoms with Crippen molar-refractivity contribution in [3.8, 4) is 11.8 Å². The molecule has 0 aliphatic rings. The van der Waals surface area contributed by atoms with Gasteiger partial charge >= 0.3 is 5.97 Å². The molecule has 0 unspecified atom stereocenters. The van der Waals surface area contributed by atoms with E-state index in [1.165, 1.54) is 13.0 Å². The predicted molar refractivity (Wildman–Crippen MR) is 168 cm³/mol. The molecule has 0 bridgehead atoms. The van der Waals surface area contributed by atoms with E-state index in [0.717, 1.165) is 23.0 Å². The summed E-state index contributed by atoms with van der Waals surface area (Å²) < 4.78 is 64.8. The SMILES string of the molecule is CC(=O)Nc1cc(N(CCCCS(=O)(=O)O)CCCC(=O)O)ccc1N=Nc1c(C#N)cnn1-c1c(Cl)cc(S(=O)(=O)O)cc1Cl. The van der Waals surface area contributed by atoms with E-state index < -0.39 is 42.8 Å². The van der Waals surface area contributed by atoms with Crippen molar-refractivity contribution in [3.05, 3.63) is 52.1 Å². The summed E-state index contributed by atoms with van der Waals surface area (Å²) in [5, 5.41) is 33.3. The molecule has 0 saturated heterocycles. The first-order chi connectivity index (χ1) is 21.5. The molecular formula is C26H27Cl2N7O9S2. The smallest absolute Gasteiger partial charge is 0.303 e. The minimum Gasteiger partial charge on any atom is -0.481 e. The van der Waals surface area contributed by atoms with Gasteiger partial charge in [-0.15, -0.1) is 10.2 Å². The van der Waals surface area contributed by atoms with Crippen LogP contribution in [0.4, 0.5) is 22.9 Å². The van der Waals surface area contributed by atoms with Gasteiger partial charge in [-0.05, 0) is 49.6 Å². The summed E-state index contributed by atoms with van der Waals surface area (Å²) in [6.45, 7) is 1.84. The molecule has 46 heavy (non-hydrogen) atoms. The molecule has 0 aliphatic heterocycles. The topological polar surface area (TPSA) is 245 Å². The maximum absolute atomic E-state index is 12.1. The first-order valence-electron chi connectivity index (χ1n) is 13.2. The first-order valence-corrected chi connectivity index (χ1v) is 17.0. The van der Waals surface area contributed by atoms with Crippen LogP contribution in [0.25, 0.3) is 5.69 Å². The summed E-state index contributed by atoms with van der Waals surface area (Å²) in [7, 11) is -8.79. The van der Waals surface area contributed by atoms with E-state index in [1.807, 2.05) is 6.07 Å². The summed E-state index contributed by atoms with van der Waals surface area (Å²) >= 11 is 12.5. The van der Waals surface area contributed by atoms with Gasteiger partial charge in [0.1, 0.15) is 23.0 Å².